The van der Waals surface area contributed by atoms with Gasteiger partial charge in [-0.1, -0.05) is 34.1 Å². The van der Waals surface area contributed by atoms with Gasteiger partial charge in [-0.05, 0) is 56.3 Å². The van der Waals surface area contributed by atoms with E-state index in [2.05, 4.69) is 32.7 Å². The number of hydrogen-bond acceptors (Lipinski definition) is 4. The highest BCUT2D eigenvalue weighted by molar-refractivity contribution is 9.10. The smallest absolute Gasteiger partial charge is 0.287 e. The number of nitrogens with one attached hydrogen (secondary N) is 1. The van der Waals surface area contributed by atoms with Crippen molar-refractivity contribution in [3.63, 3.8) is 0 Å². The molecule has 2 aromatic carbocycles. The van der Waals surface area contributed by atoms with Crippen molar-refractivity contribution < 1.29 is 13.9 Å². The normalized spacial score (nSPS) is 12.1. The van der Waals surface area contributed by atoms with E-state index in [-0.39, 0.29) is 24.3 Å². The summed E-state index contributed by atoms with van der Waals surface area (Å²) in [6.45, 7) is 5.00. The Labute approximate surface area is 183 Å². The highest BCUT2D eigenvalue weighted by Gasteiger charge is 2.20. The molecule has 1 amide bonds. The molecule has 0 bridgehead atoms. The van der Waals surface area contributed by atoms with Gasteiger partial charge in [-0.3, -0.25) is 4.79 Å². The lowest BCUT2D eigenvalue weighted by Gasteiger charge is -2.14. The predicted molar refractivity (Wildman–Crippen MR) is 118 cm³/mol. The molecule has 7 heteroatoms. The summed E-state index contributed by atoms with van der Waals surface area (Å²) in [5, 5.41) is 2.98. The van der Waals surface area contributed by atoms with Gasteiger partial charge in [-0.25, -0.2) is 4.98 Å². The van der Waals surface area contributed by atoms with Crippen LogP contribution in [0.1, 0.15) is 42.0 Å². The van der Waals surface area contributed by atoms with Crippen molar-refractivity contribution in [3.8, 4) is 5.75 Å². The third-order valence-electron chi connectivity index (χ3n) is 4.80. The Morgan fingerprint density at radius 1 is 1.20 bits per heavy atom. The van der Waals surface area contributed by atoms with Crippen molar-refractivity contribution in [1.29, 1.82) is 0 Å². The van der Waals surface area contributed by atoms with Crippen LogP contribution in [0.5, 0.6) is 5.75 Å². The number of benzene rings is 2. The number of aryl methyl sites for hydroxylation is 1. The summed E-state index contributed by atoms with van der Waals surface area (Å²) >= 11 is 3.41. The Morgan fingerprint density at radius 3 is 2.83 bits per heavy atom. The molecular formula is C23H22BrN3O3. The number of aromatic nitrogens is 2. The zero-order valence-corrected chi connectivity index (χ0v) is 18.3. The highest BCUT2D eigenvalue weighted by Crippen LogP contribution is 2.22. The number of rotatable bonds is 7. The summed E-state index contributed by atoms with van der Waals surface area (Å²) in [6.07, 6.45) is 0. The van der Waals surface area contributed by atoms with Gasteiger partial charge in [0.25, 0.3) is 5.91 Å². The quantitative estimate of drug-likeness (QED) is 0.390. The average molecular weight is 468 g/mol. The van der Waals surface area contributed by atoms with Gasteiger partial charge in [0.2, 0.25) is 0 Å². The number of amides is 1. The van der Waals surface area contributed by atoms with Crippen LogP contribution >= 0.6 is 15.9 Å². The maximum absolute atomic E-state index is 12.7. The van der Waals surface area contributed by atoms with Crippen LogP contribution in [0.25, 0.3) is 11.0 Å². The van der Waals surface area contributed by atoms with Gasteiger partial charge >= 0.3 is 0 Å². The molecule has 1 unspecified atom stereocenters. The molecule has 30 heavy (non-hydrogen) atoms. The molecular weight excluding hydrogens is 446 g/mol. The van der Waals surface area contributed by atoms with Crippen molar-refractivity contribution >= 4 is 32.9 Å². The Morgan fingerprint density at radius 2 is 2.03 bits per heavy atom. The third-order valence-corrected chi connectivity index (χ3v) is 5.29. The van der Waals surface area contributed by atoms with Gasteiger partial charge in [-0.2, -0.15) is 0 Å². The second-order valence-electron chi connectivity index (χ2n) is 6.91. The van der Waals surface area contributed by atoms with Crippen LogP contribution in [0.3, 0.4) is 0 Å². The standard InChI is InChI=1S/C23H22BrN3O3/c1-3-27-20-10-5-4-9-19(20)26-22(27)15(2)25-23(28)21-12-11-18(30-21)14-29-17-8-6-7-16(24)13-17/h4-13,15H,3,14H2,1-2H3,(H,25,28). The van der Waals surface area contributed by atoms with Crippen LogP contribution < -0.4 is 10.1 Å². The largest absolute Gasteiger partial charge is 0.486 e. The van der Waals surface area contributed by atoms with E-state index < -0.39 is 0 Å². The minimum absolute atomic E-state index is 0.241. The molecule has 4 rings (SSSR count). The molecule has 0 fully saturated rings. The van der Waals surface area contributed by atoms with Crippen molar-refractivity contribution in [1.82, 2.24) is 14.9 Å². The van der Waals surface area contributed by atoms with E-state index in [1.165, 1.54) is 0 Å². The number of para-hydroxylation sites is 2. The molecule has 2 heterocycles. The molecule has 0 aliphatic carbocycles. The number of carbonyl (C=O) groups is 1. The Bertz CT molecular complexity index is 1180. The molecule has 154 valence electrons. The van der Waals surface area contributed by atoms with E-state index in [1.54, 1.807) is 12.1 Å². The zero-order valence-electron chi connectivity index (χ0n) is 16.8. The molecule has 2 aromatic heterocycles. The van der Waals surface area contributed by atoms with Crippen LogP contribution in [0.2, 0.25) is 0 Å². The van der Waals surface area contributed by atoms with E-state index in [9.17, 15) is 4.79 Å². The topological polar surface area (TPSA) is 69.3 Å². The van der Waals surface area contributed by atoms with E-state index in [4.69, 9.17) is 14.1 Å². The second-order valence-corrected chi connectivity index (χ2v) is 7.83. The van der Waals surface area contributed by atoms with Gasteiger partial charge in [0.1, 0.15) is 23.9 Å². The second kappa shape index (κ2) is 8.75. The van der Waals surface area contributed by atoms with E-state index >= 15 is 0 Å². The summed E-state index contributed by atoms with van der Waals surface area (Å²) in [7, 11) is 0. The summed E-state index contributed by atoms with van der Waals surface area (Å²) in [6, 6.07) is 18.7. The van der Waals surface area contributed by atoms with Crippen molar-refractivity contribution in [2.75, 3.05) is 0 Å². The first-order valence-electron chi connectivity index (χ1n) is 9.78. The number of halogens is 1. The van der Waals surface area contributed by atoms with Crippen molar-refractivity contribution in [2.45, 2.75) is 33.0 Å². The van der Waals surface area contributed by atoms with Gasteiger partial charge < -0.3 is 19.0 Å². The molecule has 0 aliphatic heterocycles. The fourth-order valence-corrected chi connectivity index (χ4v) is 3.76. The molecule has 0 saturated heterocycles. The number of imidazole rings is 1. The van der Waals surface area contributed by atoms with Crippen molar-refractivity contribution in [3.05, 3.63) is 82.5 Å². The first-order chi connectivity index (χ1) is 14.5. The monoisotopic (exact) mass is 467 g/mol. The Kier molecular flexibility index (Phi) is 5.90. The lowest BCUT2D eigenvalue weighted by Crippen LogP contribution is -2.28. The molecule has 1 N–H and O–H groups in total. The number of ether oxygens (including phenoxy) is 1. The van der Waals surface area contributed by atoms with Crippen LogP contribution in [0.15, 0.2) is 69.6 Å². The maximum Gasteiger partial charge on any atom is 0.287 e. The fourth-order valence-electron chi connectivity index (χ4n) is 3.38. The average Bonchev–Trinajstić information content (AvgIpc) is 3.37. The molecule has 0 aliphatic rings. The molecule has 6 nitrogen and oxygen atoms in total. The van der Waals surface area contributed by atoms with E-state index in [0.29, 0.717) is 5.76 Å². The first-order valence-corrected chi connectivity index (χ1v) is 10.6. The van der Waals surface area contributed by atoms with Crippen LogP contribution in [-0.2, 0) is 13.2 Å². The minimum Gasteiger partial charge on any atom is -0.486 e. The van der Waals surface area contributed by atoms with Gasteiger partial charge in [0, 0.05) is 11.0 Å². The lowest BCUT2D eigenvalue weighted by atomic mass is 10.3. The van der Waals surface area contributed by atoms with Gasteiger partial charge in [0.15, 0.2) is 5.76 Å². The molecule has 0 radical (unpaired) electrons. The summed E-state index contributed by atoms with van der Waals surface area (Å²) in [5.41, 5.74) is 1.97. The molecule has 0 saturated carbocycles. The number of fused-ring (bicyclic) bond motifs is 1. The summed E-state index contributed by atoms with van der Waals surface area (Å²) in [4.78, 5) is 17.4. The number of nitrogens with zero attached hydrogens (tertiary/aromatic N) is 2. The third kappa shape index (κ3) is 4.26. The van der Waals surface area contributed by atoms with Crippen LogP contribution in [-0.4, -0.2) is 15.5 Å². The number of hydrogen-bond donors (Lipinski definition) is 1. The highest BCUT2D eigenvalue weighted by atomic mass is 79.9. The maximum atomic E-state index is 12.7. The van der Waals surface area contributed by atoms with Gasteiger partial charge in [0.05, 0.1) is 17.1 Å². The Hall–Kier alpha value is -3.06. The van der Waals surface area contributed by atoms with E-state index in [0.717, 1.165) is 33.6 Å². The van der Waals surface area contributed by atoms with Crippen molar-refractivity contribution in [2.24, 2.45) is 0 Å². The molecule has 4 aromatic rings. The van der Waals surface area contributed by atoms with E-state index in [1.807, 2.05) is 55.5 Å². The number of furan rings is 1. The SMILES string of the molecule is CCn1c(C(C)NC(=O)c2ccc(COc3cccc(Br)c3)o2)nc2ccccc21. The van der Waals surface area contributed by atoms with Crippen LogP contribution in [0.4, 0.5) is 0 Å². The fraction of sp³-hybridized carbons (Fsp3) is 0.217. The first kappa shape index (κ1) is 20.2. The molecule has 0 spiro atoms. The Balaban J connectivity index is 1.43. The van der Waals surface area contributed by atoms with Gasteiger partial charge in [-0.15, -0.1) is 0 Å². The summed E-state index contributed by atoms with van der Waals surface area (Å²) in [5.74, 6) is 2.07. The zero-order chi connectivity index (χ0) is 21.1. The molecule has 1 atom stereocenters. The summed E-state index contributed by atoms with van der Waals surface area (Å²) < 4.78 is 14.4. The van der Waals surface area contributed by atoms with Crippen LogP contribution in [0, 0.1) is 0 Å². The minimum atomic E-state index is -0.286. The lowest BCUT2D eigenvalue weighted by molar-refractivity contribution is 0.0905. The predicted octanol–water partition coefficient (Wildman–Crippen LogP) is 5.48. The number of carbonyl (C=O) groups excluding carboxylic acids is 1.